The maximum atomic E-state index is 2.42. The number of fused-ring (bicyclic) bond motifs is 10. The maximum absolute atomic E-state index is 2.42. The van der Waals surface area contributed by atoms with Crippen LogP contribution in [0.4, 0.5) is 0 Å². The van der Waals surface area contributed by atoms with E-state index in [0.717, 1.165) is 13.1 Å². The van der Waals surface area contributed by atoms with Gasteiger partial charge >= 0.3 is 0 Å². The van der Waals surface area contributed by atoms with Gasteiger partial charge in [-0.05, 0) is 293 Å². The summed E-state index contributed by atoms with van der Waals surface area (Å²) in [5.74, 6) is 0. The zero-order valence-corrected chi connectivity index (χ0v) is 63.3. The van der Waals surface area contributed by atoms with E-state index >= 15 is 0 Å². The van der Waals surface area contributed by atoms with Gasteiger partial charge in [0.1, 0.15) is 0 Å². The molecule has 0 aliphatic heterocycles. The summed E-state index contributed by atoms with van der Waals surface area (Å²) in [6.45, 7) is 24.3. The third-order valence-electron chi connectivity index (χ3n) is 23.7. The highest BCUT2D eigenvalue weighted by atomic mass is 15.0. The van der Waals surface area contributed by atoms with Crippen molar-refractivity contribution in [3.05, 3.63) is 360 Å². The molecule has 0 bridgehead atoms. The Hall–Kier alpha value is -12.6. The predicted octanol–water partition coefficient (Wildman–Crippen LogP) is 29.7. The molecular formula is C106H86N2. The van der Waals surface area contributed by atoms with Crippen LogP contribution in [0.5, 0.6) is 0 Å². The third kappa shape index (κ3) is 11.7. The van der Waals surface area contributed by atoms with Crippen LogP contribution in [-0.4, -0.2) is 9.13 Å². The molecule has 0 radical (unpaired) electrons. The summed E-state index contributed by atoms with van der Waals surface area (Å²) in [7, 11) is 0. The Morgan fingerprint density at radius 3 is 0.583 bits per heavy atom. The van der Waals surface area contributed by atoms with Crippen molar-refractivity contribution in [2.75, 3.05) is 0 Å². The monoisotopic (exact) mass is 1390 g/mol. The van der Waals surface area contributed by atoms with Crippen LogP contribution in [0.1, 0.15) is 58.4 Å². The fraction of sp³-hybridized carbons (Fsp3) is 0.113. The summed E-state index contributed by atoms with van der Waals surface area (Å²) in [5.41, 5.74) is 38.2. The molecule has 2 heteroatoms. The Morgan fingerprint density at radius 1 is 0.157 bits per heavy atom. The number of rotatable bonds is 11. The number of aryl methyl sites for hydroxylation is 10. The van der Waals surface area contributed by atoms with E-state index in [4.69, 9.17) is 0 Å². The van der Waals surface area contributed by atoms with Crippen LogP contribution < -0.4 is 0 Å². The van der Waals surface area contributed by atoms with Crippen molar-refractivity contribution in [2.24, 2.45) is 0 Å². The molecule has 520 valence electrons. The van der Waals surface area contributed by atoms with Crippen molar-refractivity contribution >= 4 is 86.7 Å². The molecule has 0 aliphatic carbocycles. The van der Waals surface area contributed by atoms with E-state index in [1.807, 2.05) is 0 Å². The first kappa shape index (κ1) is 67.3. The molecule has 0 unspecified atom stereocenters. The van der Waals surface area contributed by atoms with Gasteiger partial charge in [0.2, 0.25) is 0 Å². The van der Waals surface area contributed by atoms with E-state index in [-0.39, 0.29) is 0 Å². The smallest absolute Gasteiger partial charge is 0.0491 e. The van der Waals surface area contributed by atoms with Gasteiger partial charge < -0.3 is 9.13 Å². The van der Waals surface area contributed by atoms with Gasteiger partial charge in [-0.3, -0.25) is 0 Å². The molecule has 17 aromatic carbocycles. The van der Waals surface area contributed by atoms with Crippen molar-refractivity contribution in [1.29, 1.82) is 0 Å². The number of benzene rings is 17. The van der Waals surface area contributed by atoms with Crippen LogP contribution in [0.25, 0.3) is 187 Å². The molecule has 19 aromatic rings. The summed E-state index contributed by atoms with van der Waals surface area (Å²) < 4.78 is 4.84. The van der Waals surface area contributed by atoms with E-state index < -0.39 is 0 Å². The number of hydrogen-bond acceptors (Lipinski definition) is 0. The first-order chi connectivity index (χ1) is 52.7. The highest BCUT2D eigenvalue weighted by molar-refractivity contribution is 6.24. The van der Waals surface area contributed by atoms with Gasteiger partial charge in [0.15, 0.2) is 0 Å². The minimum Gasteiger partial charge on any atom is -0.341 e. The van der Waals surface area contributed by atoms with Gasteiger partial charge in [0.05, 0.1) is 0 Å². The maximum Gasteiger partial charge on any atom is 0.0491 e. The van der Waals surface area contributed by atoms with Crippen LogP contribution in [0, 0.1) is 55.4 Å². The van der Waals surface area contributed by atoms with Crippen LogP contribution in [0.3, 0.4) is 0 Å². The summed E-state index contributed by atoms with van der Waals surface area (Å²) in [6.07, 6.45) is 0. The molecule has 0 spiro atoms. The quantitative estimate of drug-likeness (QED) is 0.114. The fourth-order valence-electron chi connectivity index (χ4n) is 17.3. The normalized spacial score (nSPS) is 11.7. The zero-order chi connectivity index (χ0) is 73.6. The lowest BCUT2D eigenvalue weighted by Gasteiger charge is -2.21. The van der Waals surface area contributed by atoms with Crippen LogP contribution in [-0.2, 0) is 13.1 Å². The SMILES string of the molecule is CCn1c2ccccc2c2cc(-c3ccc(-c4c5cc(C)c(C)cc5c(-c5ccc(-c6ccc(-c7ccccc7)cc6)cc5)c5cc(C)c(C)cc45)cc3)ccc21.CCn1c2ccccc2c2cc(-c3ccc(-c4c5cc(C)c(C)cc5c(-c5ccc(-c6ccccc6)cc5)c5cc(C)c(C)cc45)cc3)ccc21. The second kappa shape index (κ2) is 27.4. The molecule has 19 rings (SSSR count). The molecule has 2 heterocycles. The van der Waals surface area contributed by atoms with Crippen LogP contribution in [0.15, 0.2) is 315 Å². The number of para-hydroxylation sites is 2. The molecule has 0 aliphatic rings. The van der Waals surface area contributed by atoms with Gasteiger partial charge in [0, 0.05) is 56.7 Å². The number of hydrogen-bond donors (Lipinski definition) is 0. The molecule has 0 fully saturated rings. The Morgan fingerprint density at radius 2 is 0.343 bits per heavy atom. The van der Waals surface area contributed by atoms with E-state index in [1.54, 1.807) is 0 Å². The molecular weight excluding hydrogens is 1300 g/mol. The average Bonchev–Trinajstić information content (AvgIpc) is 1.27. The minimum atomic E-state index is 0.950. The molecule has 2 nitrogen and oxygen atoms in total. The lowest BCUT2D eigenvalue weighted by atomic mass is 9.83. The first-order valence-corrected chi connectivity index (χ1v) is 38.4. The molecule has 0 amide bonds. The number of aromatic nitrogens is 2. The minimum absolute atomic E-state index is 0.950. The van der Waals surface area contributed by atoms with Crippen molar-refractivity contribution in [1.82, 2.24) is 9.13 Å². The van der Waals surface area contributed by atoms with Crippen molar-refractivity contribution < 1.29 is 0 Å². The highest BCUT2D eigenvalue weighted by Gasteiger charge is 2.23. The molecule has 0 saturated heterocycles. The van der Waals surface area contributed by atoms with Gasteiger partial charge in [-0.1, -0.05) is 279 Å². The van der Waals surface area contributed by atoms with Crippen LogP contribution >= 0.6 is 0 Å². The molecule has 108 heavy (non-hydrogen) atoms. The molecule has 0 atom stereocenters. The second-order valence-electron chi connectivity index (χ2n) is 30.0. The molecule has 2 aromatic heterocycles. The lowest BCUT2D eigenvalue weighted by molar-refractivity contribution is 0.827. The summed E-state index contributed by atoms with van der Waals surface area (Å²) >= 11 is 0. The van der Waals surface area contributed by atoms with Crippen molar-refractivity contribution in [3.8, 4) is 100 Å². The van der Waals surface area contributed by atoms with Gasteiger partial charge in [-0.15, -0.1) is 0 Å². The second-order valence-corrected chi connectivity index (χ2v) is 30.0. The van der Waals surface area contributed by atoms with Gasteiger partial charge in [-0.25, -0.2) is 0 Å². The molecule has 0 N–H and O–H groups in total. The Balaban J connectivity index is 0.000000153. The van der Waals surface area contributed by atoms with Crippen LogP contribution in [0.2, 0.25) is 0 Å². The van der Waals surface area contributed by atoms with E-state index in [0.29, 0.717) is 0 Å². The van der Waals surface area contributed by atoms with Gasteiger partial charge in [0.25, 0.3) is 0 Å². The van der Waals surface area contributed by atoms with Crippen molar-refractivity contribution in [3.63, 3.8) is 0 Å². The Bertz CT molecular complexity index is 6610. The largest absolute Gasteiger partial charge is 0.341 e. The number of nitrogens with zero attached hydrogens (tertiary/aromatic N) is 2. The third-order valence-corrected chi connectivity index (χ3v) is 23.7. The topological polar surface area (TPSA) is 9.86 Å². The van der Waals surface area contributed by atoms with Crippen molar-refractivity contribution in [2.45, 2.75) is 82.3 Å². The van der Waals surface area contributed by atoms with E-state index in [2.05, 4.69) is 394 Å². The average molecular weight is 1390 g/mol. The fourth-order valence-corrected chi connectivity index (χ4v) is 17.3. The summed E-state index contributed by atoms with van der Waals surface area (Å²) in [5, 5.41) is 15.7. The van der Waals surface area contributed by atoms with E-state index in [9.17, 15) is 0 Å². The standard InChI is InChI=1S/C56H45N.C50H41N/c1-6-57-53-15-11-10-14-47(53)48-34-46(28-29-54(48)57)43-22-26-45(27-23-43)56-51-32-37(4)35(2)30-49(51)55(50-31-36(3)38(5)33-52(50)56)44-24-20-42(21-25-44)41-18-16-40(17-19-41)39-12-8-7-9-13-39;1-6-51-47-15-11-10-14-41(47)42-30-40(24-25-48(42)51)37-18-22-39(23-19-37)50-45-28-33(4)31(2)26-43(45)49(44-27-32(3)34(5)29-46(44)50)38-20-16-36(17-21-38)35-12-8-7-9-13-35/h7-34H,6H2,1-5H3;7-30H,6H2,1-5H3. The van der Waals surface area contributed by atoms with Gasteiger partial charge in [-0.2, -0.15) is 0 Å². The molecule has 0 saturated carbocycles. The first-order valence-electron chi connectivity index (χ1n) is 38.4. The van der Waals surface area contributed by atoms with E-state index in [1.165, 1.54) is 231 Å². The Labute approximate surface area is 634 Å². The predicted molar refractivity (Wildman–Crippen MR) is 467 cm³/mol. The zero-order valence-electron chi connectivity index (χ0n) is 63.3. The lowest BCUT2D eigenvalue weighted by Crippen LogP contribution is -1.95. The summed E-state index contributed by atoms with van der Waals surface area (Å²) in [4.78, 5) is 0. The Kier molecular flexibility index (Phi) is 17.1. The summed E-state index contributed by atoms with van der Waals surface area (Å²) in [6, 6.07) is 118. The highest BCUT2D eigenvalue weighted by Crippen LogP contribution is 2.49.